The van der Waals surface area contributed by atoms with Crippen LogP contribution in [0.2, 0.25) is 0 Å². The summed E-state index contributed by atoms with van der Waals surface area (Å²) in [5.74, 6) is -0.379. The van der Waals surface area contributed by atoms with Gasteiger partial charge in [-0.3, -0.25) is 4.79 Å². The van der Waals surface area contributed by atoms with Crippen LogP contribution in [-0.4, -0.2) is 43.6 Å². The summed E-state index contributed by atoms with van der Waals surface area (Å²) < 4.78 is 4.68. The second kappa shape index (κ2) is 5.58. The number of ether oxygens (including phenoxy) is 1. The normalized spacial score (nSPS) is 20.9. The summed E-state index contributed by atoms with van der Waals surface area (Å²) in [5, 5.41) is 2.73. The van der Waals surface area contributed by atoms with Crippen molar-refractivity contribution in [3.63, 3.8) is 0 Å². The first kappa shape index (κ1) is 11.8. The second-order valence-electron chi connectivity index (χ2n) is 3.64. The number of nitrogens with one attached hydrogen (secondary N) is 1. The van der Waals surface area contributed by atoms with Gasteiger partial charge < -0.3 is 15.0 Å². The van der Waals surface area contributed by atoms with Gasteiger partial charge in [0.25, 0.3) is 0 Å². The molecule has 0 aromatic carbocycles. The van der Waals surface area contributed by atoms with Gasteiger partial charge in [-0.15, -0.1) is 0 Å². The zero-order valence-corrected chi connectivity index (χ0v) is 9.28. The van der Waals surface area contributed by atoms with E-state index in [2.05, 4.69) is 10.1 Å². The third-order valence-corrected chi connectivity index (χ3v) is 2.57. The molecule has 0 radical (unpaired) electrons. The fourth-order valence-corrected chi connectivity index (χ4v) is 1.78. The lowest BCUT2D eigenvalue weighted by atomic mass is 9.98. The number of methoxy groups -OCH3 is 1. The SMILES string of the molecule is CCNC(=O)N1CCCC(C(=O)OC)C1. The van der Waals surface area contributed by atoms with Crippen LogP contribution in [0.3, 0.4) is 0 Å². The minimum Gasteiger partial charge on any atom is -0.469 e. The van der Waals surface area contributed by atoms with E-state index in [-0.39, 0.29) is 17.9 Å². The van der Waals surface area contributed by atoms with Gasteiger partial charge in [-0.25, -0.2) is 4.79 Å². The van der Waals surface area contributed by atoms with E-state index in [1.165, 1.54) is 7.11 Å². The van der Waals surface area contributed by atoms with E-state index >= 15 is 0 Å². The van der Waals surface area contributed by atoms with Crippen LogP contribution >= 0.6 is 0 Å². The van der Waals surface area contributed by atoms with Crippen LogP contribution in [0.1, 0.15) is 19.8 Å². The van der Waals surface area contributed by atoms with E-state index in [1.807, 2.05) is 6.92 Å². The quantitative estimate of drug-likeness (QED) is 0.685. The predicted molar refractivity (Wildman–Crippen MR) is 55.4 cm³/mol. The number of rotatable bonds is 2. The first-order valence-corrected chi connectivity index (χ1v) is 5.29. The standard InChI is InChI=1S/C10H18N2O3/c1-3-11-10(14)12-6-4-5-8(7-12)9(13)15-2/h8H,3-7H2,1-2H3,(H,11,14). The van der Waals surface area contributed by atoms with Crippen molar-refractivity contribution >= 4 is 12.0 Å². The maximum atomic E-state index is 11.5. The van der Waals surface area contributed by atoms with Crippen molar-refractivity contribution in [2.75, 3.05) is 26.7 Å². The number of urea groups is 1. The molecule has 2 amide bonds. The molecule has 1 rings (SSSR count). The van der Waals surface area contributed by atoms with Crippen molar-refractivity contribution in [3.05, 3.63) is 0 Å². The fraction of sp³-hybridized carbons (Fsp3) is 0.800. The Balaban J connectivity index is 2.48. The zero-order chi connectivity index (χ0) is 11.3. The number of carbonyl (C=O) groups excluding carboxylic acids is 2. The Morgan fingerprint density at radius 3 is 2.87 bits per heavy atom. The molecule has 0 bridgehead atoms. The van der Waals surface area contributed by atoms with Crippen molar-refractivity contribution in [1.29, 1.82) is 0 Å². The number of amides is 2. The van der Waals surface area contributed by atoms with E-state index < -0.39 is 0 Å². The van der Waals surface area contributed by atoms with Gasteiger partial charge in [0.1, 0.15) is 0 Å². The first-order chi connectivity index (χ1) is 7.19. The molecule has 1 atom stereocenters. The smallest absolute Gasteiger partial charge is 0.317 e. The van der Waals surface area contributed by atoms with Crippen molar-refractivity contribution in [1.82, 2.24) is 10.2 Å². The average molecular weight is 214 g/mol. The predicted octanol–water partition coefficient (Wildman–Crippen LogP) is 0.601. The van der Waals surface area contributed by atoms with E-state index in [1.54, 1.807) is 4.90 Å². The molecule has 1 aliphatic rings. The largest absolute Gasteiger partial charge is 0.469 e. The molecule has 0 spiro atoms. The molecule has 1 fully saturated rings. The van der Waals surface area contributed by atoms with Gasteiger partial charge >= 0.3 is 12.0 Å². The van der Waals surface area contributed by atoms with Crippen molar-refractivity contribution in [3.8, 4) is 0 Å². The van der Waals surface area contributed by atoms with Gasteiger partial charge in [0.15, 0.2) is 0 Å². The molecule has 5 nitrogen and oxygen atoms in total. The van der Waals surface area contributed by atoms with Crippen LogP contribution < -0.4 is 5.32 Å². The van der Waals surface area contributed by atoms with Gasteiger partial charge in [0.05, 0.1) is 13.0 Å². The van der Waals surface area contributed by atoms with Gasteiger partial charge in [-0.05, 0) is 19.8 Å². The summed E-state index contributed by atoms with van der Waals surface area (Å²) in [6.45, 7) is 3.68. The third kappa shape index (κ3) is 3.11. The van der Waals surface area contributed by atoms with Crippen molar-refractivity contribution < 1.29 is 14.3 Å². The van der Waals surface area contributed by atoms with Gasteiger partial charge in [-0.1, -0.05) is 0 Å². The van der Waals surface area contributed by atoms with Crippen LogP contribution in [0.25, 0.3) is 0 Å². The zero-order valence-electron chi connectivity index (χ0n) is 9.28. The number of nitrogens with zero attached hydrogens (tertiary/aromatic N) is 1. The summed E-state index contributed by atoms with van der Waals surface area (Å²) in [6, 6.07) is -0.0916. The summed E-state index contributed by atoms with van der Waals surface area (Å²) in [5.41, 5.74) is 0. The number of piperidine rings is 1. The van der Waals surface area contributed by atoms with Crippen LogP contribution in [-0.2, 0) is 9.53 Å². The lowest BCUT2D eigenvalue weighted by Gasteiger charge is -2.31. The van der Waals surface area contributed by atoms with Gasteiger partial charge in [0, 0.05) is 19.6 Å². The molecule has 1 unspecified atom stereocenters. The number of hydrogen-bond acceptors (Lipinski definition) is 3. The maximum Gasteiger partial charge on any atom is 0.317 e. The molecular formula is C10H18N2O3. The Morgan fingerprint density at radius 2 is 2.27 bits per heavy atom. The topological polar surface area (TPSA) is 58.6 Å². The number of hydrogen-bond donors (Lipinski definition) is 1. The molecule has 0 saturated carbocycles. The number of carbonyl (C=O) groups is 2. The molecule has 5 heteroatoms. The highest BCUT2D eigenvalue weighted by molar-refractivity contribution is 5.77. The van der Waals surface area contributed by atoms with E-state index in [0.29, 0.717) is 13.1 Å². The number of likely N-dealkylation sites (tertiary alicyclic amines) is 1. The maximum absolute atomic E-state index is 11.5. The first-order valence-electron chi connectivity index (χ1n) is 5.29. The molecule has 0 aliphatic carbocycles. The summed E-state index contributed by atoms with van der Waals surface area (Å²) in [7, 11) is 1.38. The highest BCUT2D eigenvalue weighted by atomic mass is 16.5. The lowest BCUT2D eigenvalue weighted by molar-refractivity contribution is -0.146. The molecule has 0 aromatic heterocycles. The van der Waals surface area contributed by atoms with Gasteiger partial charge in [-0.2, -0.15) is 0 Å². The minimum absolute atomic E-state index is 0.0916. The van der Waals surface area contributed by atoms with Crippen molar-refractivity contribution in [2.45, 2.75) is 19.8 Å². The molecule has 86 valence electrons. The van der Waals surface area contributed by atoms with Crippen LogP contribution in [0.5, 0.6) is 0 Å². The molecule has 15 heavy (non-hydrogen) atoms. The molecule has 1 N–H and O–H groups in total. The summed E-state index contributed by atoms with van der Waals surface area (Å²) in [6.07, 6.45) is 1.67. The average Bonchev–Trinajstić information content (AvgIpc) is 2.28. The van der Waals surface area contributed by atoms with Gasteiger partial charge in [0.2, 0.25) is 0 Å². The highest BCUT2D eigenvalue weighted by Gasteiger charge is 2.28. The molecule has 1 aliphatic heterocycles. The minimum atomic E-state index is -0.219. The third-order valence-electron chi connectivity index (χ3n) is 2.57. The summed E-state index contributed by atoms with van der Waals surface area (Å²) in [4.78, 5) is 24.5. The van der Waals surface area contributed by atoms with E-state index in [4.69, 9.17) is 0 Å². The summed E-state index contributed by atoms with van der Waals surface area (Å²) >= 11 is 0. The fourth-order valence-electron chi connectivity index (χ4n) is 1.78. The second-order valence-corrected chi connectivity index (χ2v) is 3.64. The number of esters is 1. The van der Waals surface area contributed by atoms with Crippen LogP contribution in [0.15, 0.2) is 0 Å². The highest BCUT2D eigenvalue weighted by Crippen LogP contribution is 2.17. The Morgan fingerprint density at radius 1 is 1.53 bits per heavy atom. The molecule has 0 aromatic rings. The Labute approximate surface area is 89.8 Å². The van der Waals surface area contributed by atoms with E-state index in [0.717, 1.165) is 19.4 Å². The Kier molecular flexibility index (Phi) is 4.39. The van der Waals surface area contributed by atoms with Crippen LogP contribution in [0.4, 0.5) is 4.79 Å². The lowest BCUT2D eigenvalue weighted by Crippen LogP contribution is -2.47. The Bertz CT molecular complexity index is 243. The molecule has 1 heterocycles. The Hall–Kier alpha value is -1.26. The van der Waals surface area contributed by atoms with E-state index in [9.17, 15) is 9.59 Å². The van der Waals surface area contributed by atoms with Crippen molar-refractivity contribution in [2.24, 2.45) is 5.92 Å². The molecular weight excluding hydrogens is 196 g/mol. The monoisotopic (exact) mass is 214 g/mol. The van der Waals surface area contributed by atoms with Crippen LogP contribution in [0, 0.1) is 5.92 Å². The molecule has 1 saturated heterocycles.